The standard InChI is InChI=1S/C23H24N2O3S/c1-18-13-14-22(19(2)15-18)25(29(27,28)21-11-7-4-8-12-21)17-23(26)24-16-20-9-5-3-6-10-20/h3-15H,16-17H2,1-2H3,(H,24,26). The fourth-order valence-corrected chi connectivity index (χ4v) is 4.59. The highest BCUT2D eigenvalue weighted by Gasteiger charge is 2.28. The van der Waals surface area contributed by atoms with Crippen LogP contribution in [-0.4, -0.2) is 20.9 Å². The topological polar surface area (TPSA) is 66.5 Å². The van der Waals surface area contributed by atoms with Gasteiger partial charge in [-0.2, -0.15) is 0 Å². The van der Waals surface area contributed by atoms with Crippen LogP contribution in [0.5, 0.6) is 0 Å². The number of anilines is 1. The quantitative estimate of drug-likeness (QED) is 0.646. The zero-order valence-corrected chi connectivity index (χ0v) is 17.3. The van der Waals surface area contributed by atoms with Crippen molar-refractivity contribution >= 4 is 21.6 Å². The summed E-state index contributed by atoms with van der Waals surface area (Å²) in [5.41, 5.74) is 3.26. The van der Waals surface area contributed by atoms with Gasteiger partial charge in [0.2, 0.25) is 5.91 Å². The van der Waals surface area contributed by atoms with Crippen LogP contribution < -0.4 is 9.62 Å². The SMILES string of the molecule is Cc1ccc(N(CC(=O)NCc2ccccc2)S(=O)(=O)c2ccccc2)c(C)c1. The molecule has 3 aromatic rings. The molecule has 0 heterocycles. The lowest BCUT2D eigenvalue weighted by atomic mass is 10.1. The Hall–Kier alpha value is -3.12. The predicted molar refractivity (Wildman–Crippen MR) is 115 cm³/mol. The number of nitrogens with one attached hydrogen (secondary N) is 1. The molecule has 0 aliphatic rings. The van der Waals surface area contributed by atoms with Crippen molar-refractivity contribution in [2.24, 2.45) is 0 Å². The molecule has 3 aromatic carbocycles. The summed E-state index contributed by atoms with van der Waals surface area (Å²) in [7, 11) is -3.89. The van der Waals surface area contributed by atoms with Crippen molar-refractivity contribution in [2.75, 3.05) is 10.8 Å². The summed E-state index contributed by atoms with van der Waals surface area (Å²) in [5, 5.41) is 2.81. The highest BCUT2D eigenvalue weighted by molar-refractivity contribution is 7.92. The number of aryl methyl sites for hydroxylation is 2. The van der Waals surface area contributed by atoms with Crippen LogP contribution in [0.2, 0.25) is 0 Å². The number of hydrogen-bond acceptors (Lipinski definition) is 3. The Morgan fingerprint density at radius 3 is 2.14 bits per heavy atom. The Kier molecular flexibility index (Phi) is 6.34. The summed E-state index contributed by atoms with van der Waals surface area (Å²) in [6, 6.07) is 23.2. The first-order valence-electron chi connectivity index (χ1n) is 9.33. The van der Waals surface area contributed by atoms with Crippen molar-refractivity contribution in [2.45, 2.75) is 25.3 Å². The van der Waals surface area contributed by atoms with Crippen LogP contribution in [0.25, 0.3) is 0 Å². The summed E-state index contributed by atoms with van der Waals surface area (Å²) < 4.78 is 27.8. The number of carbonyl (C=O) groups excluding carboxylic acids is 1. The third-order valence-corrected chi connectivity index (χ3v) is 6.35. The van der Waals surface area contributed by atoms with E-state index in [-0.39, 0.29) is 17.3 Å². The van der Waals surface area contributed by atoms with Crippen molar-refractivity contribution in [3.05, 3.63) is 95.6 Å². The molecule has 1 N–H and O–H groups in total. The molecule has 5 nitrogen and oxygen atoms in total. The highest BCUT2D eigenvalue weighted by Crippen LogP contribution is 2.27. The lowest BCUT2D eigenvalue weighted by molar-refractivity contribution is -0.119. The molecule has 0 saturated heterocycles. The fraction of sp³-hybridized carbons (Fsp3) is 0.174. The molecule has 6 heteroatoms. The monoisotopic (exact) mass is 408 g/mol. The molecule has 1 amide bonds. The van der Waals surface area contributed by atoms with Gasteiger partial charge in [-0.05, 0) is 43.2 Å². The van der Waals surface area contributed by atoms with Gasteiger partial charge in [0.25, 0.3) is 10.0 Å². The van der Waals surface area contributed by atoms with Gasteiger partial charge in [-0.1, -0.05) is 66.2 Å². The Balaban J connectivity index is 1.90. The van der Waals surface area contributed by atoms with Crippen molar-refractivity contribution in [1.82, 2.24) is 5.32 Å². The lowest BCUT2D eigenvalue weighted by Gasteiger charge is -2.26. The maximum Gasteiger partial charge on any atom is 0.264 e. The van der Waals surface area contributed by atoms with E-state index in [2.05, 4.69) is 5.32 Å². The molecule has 0 radical (unpaired) electrons. The summed E-state index contributed by atoms with van der Waals surface area (Å²) in [5.74, 6) is -0.367. The van der Waals surface area contributed by atoms with Gasteiger partial charge < -0.3 is 5.32 Å². The highest BCUT2D eigenvalue weighted by atomic mass is 32.2. The number of nitrogens with zero attached hydrogens (tertiary/aromatic N) is 1. The molecule has 0 spiro atoms. The first-order chi connectivity index (χ1) is 13.9. The Bertz CT molecular complexity index is 1080. The first kappa shape index (κ1) is 20.6. The third-order valence-electron chi connectivity index (χ3n) is 4.57. The Labute approximate surface area is 172 Å². The fourth-order valence-electron chi connectivity index (χ4n) is 3.09. The van der Waals surface area contributed by atoms with Gasteiger partial charge in [-0.25, -0.2) is 8.42 Å². The van der Waals surface area contributed by atoms with Gasteiger partial charge in [0.05, 0.1) is 10.6 Å². The second kappa shape index (κ2) is 8.92. The Morgan fingerprint density at radius 2 is 1.52 bits per heavy atom. The van der Waals surface area contributed by atoms with E-state index in [4.69, 9.17) is 0 Å². The number of carbonyl (C=O) groups is 1. The maximum atomic E-state index is 13.3. The van der Waals surface area contributed by atoms with Gasteiger partial charge in [0.15, 0.2) is 0 Å². The number of sulfonamides is 1. The molecular weight excluding hydrogens is 384 g/mol. The molecule has 0 aliphatic heterocycles. The molecule has 29 heavy (non-hydrogen) atoms. The van der Waals surface area contributed by atoms with Gasteiger partial charge in [-0.15, -0.1) is 0 Å². The molecule has 0 bridgehead atoms. The average molecular weight is 409 g/mol. The van der Waals surface area contributed by atoms with Gasteiger partial charge in [-0.3, -0.25) is 9.10 Å². The maximum absolute atomic E-state index is 13.3. The van der Waals surface area contributed by atoms with E-state index in [1.54, 1.807) is 24.3 Å². The molecule has 0 saturated carbocycles. The van der Waals surface area contributed by atoms with Gasteiger partial charge in [0, 0.05) is 6.54 Å². The second-order valence-electron chi connectivity index (χ2n) is 6.88. The third kappa shape index (κ3) is 5.03. The molecule has 0 aliphatic carbocycles. The van der Waals surface area contributed by atoms with Crippen molar-refractivity contribution in [3.8, 4) is 0 Å². The van der Waals surface area contributed by atoms with Crippen LogP contribution in [0, 0.1) is 13.8 Å². The number of hydrogen-bond donors (Lipinski definition) is 1. The number of rotatable bonds is 7. The minimum Gasteiger partial charge on any atom is -0.350 e. The van der Waals surface area contributed by atoms with Crippen LogP contribution in [0.1, 0.15) is 16.7 Å². The van der Waals surface area contributed by atoms with Crippen molar-refractivity contribution in [3.63, 3.8) is 0 Å². The minimum atomic E-state index is -3.89. The van der Waals surface area contributed by atoms with Crippen LogP contribution in [0.4, 0.5) is 5.69 Å². The minimum absolute atomic E-state index is 0.149. The lowest BCUT2D eigenvalue weighted by Crippen LogP contribution is -2.41. The molecule has 3 rings (SSSR count). The van der Waals surface area contributed by atoms with Crippen molar-refractivity contribution < 1.29 is 13.2 Å². The van der Waals surface area contributed by atoms with E-state index in [0.29, 0.717) is 12.2 Å². The average Bonchev–Trinajstić information content (AvgIpc) is 2.72. The van der Waals surface area contributed by atoms with E-state index >= 15 is 0 Å². The van der Waals surface area contributed by atoms with E-state index in [0.717, 1.165) is 16.7 Å². The van der Waals surface area contributed by atoms with E-state index in [9.17, 15) is 13.2 Å². The van der Waals surface area contributed by atoms with Crippen LogP contribution in [0.15, 0.2) is 83.8 Å². The zero-order chi connectivity index (χ0) is 20.9. The molecule has 0 fully saturated rings. The first-order valence-corrected chi connectivity index (χ1v) is 10.8. The summed E-state index contributed by atoms with van der Waals surface area (Å²) in [6.07, 6.45) is 0. The Morgan fingerprint density at radius 1 is 0.897 bits per heavy atom. The van der Waals surface area contributed by atoms with Crippen molar-refractivity contribution in [1.29, 1.82) is 0 Å². The smallest absolute Gasteiger partial charge is 0.264 e. The van der Waals surface area contributed by atoms with Crippen LogP contribution >= 0.6 is 0 Å². The second-order valence-corrected chi connectivity index (χ2v) is 8.74. The van der Waals surface area contributed by atoms with Crippen LogP contribution in [0.3, 0.4) is 0 Å². The summed E-state index contributed by atoms with van der Waals surface area (Å²) in [4.78, 5) is 12.8. The molecular formula is C23H24N2O3S. The van der Waals surface area contributed by atoms with Gasteiger partial charge in [0.1, 0.15) is 6.54 Å². The summed E-state index contributed by atoms with van der Waals surface area (Å²) >= 11 is 0. The predicted octanol–water partition coefficient (Wildman–Crippen LogP) is 3.82. The van der Waals surface area contributed by atoms with Gasteiger partial charge >= 0.3 is 0 Å². The molecule has 0 aromatic heterocycles. The molecule has 0 unspecified atom stereocenters. The molecule has 0 atom stereocenters. The number of benzene rings is 3. The summed E-state index contributed by atoms with van der Waals surface area (Å²) in [6.45, 7) is 3.83. The van der Waals surface area contributed by atoms with Crippen LogP contribution in [-0.2, 0) is 21.4 Å². The zero-order valence-electron chi connectivity index (χ0n) is 16.5. The molecule has 150 valence electrons. The normalized spacial score (nSPS) is 11.1. The largest absolute Gasteiger partial charge is 0.350 e. The van der Waals surface area contributed by atoms with E-state index < -0.39 is 10.0 Å². The number of amides is 1. The van der Waals surface area contributed by atoms with E-state index in [1.807, 2.05) is 56.3 Å². The van der Waals surface area contributed by atoms with E-state index in [1.165, 1.54) is 16.4 Å².